The quantitative estimate of drug-likeness (QED) is 0.531. The van der Waals surface area contributed by atoms with Gasteiger partial charge in [-0.2, -0.15) is 0 Å². The van der Waals surface area contributed by atoms with E-state index in [4.69, 9.17) is 0 Å². The lowest BCUT2D eigenvalue weighted by Crippen LogP contribution is -2.43. The number of aliphatic imine (C=N–C) groups is 1. The van der Waals surface area contributed by atoms with Crippen LogP contribution in [0.2, 0.25) is 0 Å². The molecule has 1 rings (SSSR count). The Morgan fingerprint density at radius 2 is 2.00 bits per heavy atom. The first-order valence-corrected chi connectivity index (χ1v) is 7.60. The number of carbonyl (C=O) groups excluding carboxylic acids is 1. The highest BCUT2D eigenvalue weighted by atomic mass is 19.1. The van der Waals surface area contributed by atoms with Gasteiger partial charge in [-0.25, -0.2) is 9.38 Å². The lowest BCUT2D eigenvalue weighted by atomic mass is 10.1. The zero-order valence-electron chi connectivity index (χ0n) is 13.5. The summed E-state index contributed by atoms with van der Waals surface area (Å²) in [5.41, 5.74) is 1.40. The smallest absolute Gasteiger partial charge is 0.239 e. The number of amides is 1. The number of benzene rings is 1. The highest BCUT2D eigenvalue weighted by Crippen LogP contribution is 2.09. The Bertz CT molecular complexity index is 517. The molecule has 22 heavy (non-hydrogen) atoms. The van der Waals surface area contributed by atoms with Crippen molar-refractivity contribution >= 4 is 11.9 Å². The Kier molecular flexibility index (Phi) is 7.96. The zero-order valence-corrected chi connectivity index (χ0v) is 13.5. The molecule has 3 N–H and O–H groups in total. The summed E-state index contributed by atoms with van der Waals surface area (Å²) in [7, 11) is 0. The van der Waals surface area contributed by atoms with E-state index in [1.165, 1.54) is 6.07 Å². The maximum absolute atomic E-state index is 13.5. The number of rotatable bonds is 7. The summed E-state index contributed by atoms with van der Waals surface area (Å²) in [6, 6.07) is 5.06. The fourth-order valence-corrected chi connectivity index (χ4v) is 1.74. The van der Waals surface area contributed by atoms with Crippen molar-refractivity contribution in [2.24, 2.45) is 4.99 Å². The van der Waals surface area contributed by atoms with Gasteiger partial charge in [0.05, 0.1) is 13.1 Å². The first-order valence-electron chi connectivity index (χ1n) is 7.60. The number of guanidine groups is 1. The molecule has 1 aromatic rings. The van der Waals surface area contributed by atoms with E-state index in [9.17, 15) is 9.18 Å². The molecule has 0 bridgehead atoms. The third-order valence-electron chi connectivity index (χ3n) is 2.99. The Hall–Kier alpha value is -2.11. The van der Waals surface area contributed by atoms with Crippen LogP contribution in [0, 0.1) is 12.7 Å². The average Bonchev–Trinajstić information content (AvgIpc) is 2.51. The predicted molar refractivity (Wildman–Crippen MR) is 87.3 cm³/mol. The minimum Gasteiger partial charge on any atom is -0.357 e. The maximum Gasteiger partial charge on any atom is 0.239 e. The molecule has 0 aliphatic carbocycles. The molecule has 122 valence electrons. The van der Waals surface area contributed by atoms with Crippen LogP contribution in [0.5, 0.6) is 0 Å². The molecular weight excluding hydrogens is 283 g/mol. The molecule has 0 aromatic heterocycles. The first kappa shape index (κ1) is 17.9. The average molecular weight is 308 g/mol. The highest BCUT2D eigenvalue weighted by Gasteiger charge is 2.03. The number of hydrogen-bond acceptors (Lipinski definition) is 2. The fraction of sp³-hybridized carbons (Fsp3) is 0.500. The minimum absolute atomic E-state index is 0.0752. The molecule has 0 spiro atoms. The van der Waals surface area contributed by atoms with E-state index in [1.807, 2.05) is 19.9 Å². The van der Waals surface area contributed by atoms with Gasteiger partial charge in [-0.3, -0.25) is 4.79 Å². The minimum atomic E-state index is -0.232. The number of hydrogen-bond donors (Lipinski definition) is 3. The van der Waals surface area contributed by atoms with E-state index in [2.05, 4.69) is 20.9 Å². The van der Waals surface area contributed by atoms with Gasteiger partial charge in [-0.15, -0.1) is 0 Å². The second-order valence-corrected chi connectivity index (χ2v) is 4.98. The van der Waals surface area contributed by atoms with E-state index in [0.717, 1.165) is 12.0 Å². The van der Waals surface area contributed by atoms with Crippen molar-refractivity contribution in [1.82, 2.24) is 16.0 Å². The number of halogens is 1. The fourth-order valence-electron chi connectivity index (χ4n) is 1.74. The molecule has 0 aliphatic heterocycles. The van der Waals surface area contributed by atoms with Crippen molar-refractivity contribution in [3.63, 3.8) is 0 Å². The van der Waals surface area contributed by atoms with Crippen molar-refractivity contribution in [2.75, 3.05) is 19.6 Å². The van der Waals surface area contributed by atoms with Gasteiger partial charge >= 0.3 is 0 Å². The van der Waals surface area contributed by atoms with Crippen LogP contribution in [0.3, 0.4) is 0 Å². The van der Waals surface area contributed by atoms with Crippen LogP contribution in [-0.4, -0.2) is 31.5 Å². The molecule has 0 heterocycles. The Morgan fingerprint density at radius 1 is 1.23 bits per heavy atom. The second-order valence-electron chi connectivity index (χ2n) is 4.98. The molecule has 5 nitrogen and oxygen atoms in total. The van der Waals surface area contributed by atoms with Crippen molar-refractivity contribution in [1.29, 1.82) is 0 Å². The number of carbonyl (C=O) groups is 1. The van der Waals surface area contributed by atoms with Gasteiger partial charge in [0.1, 0.15) is 5.82 Å². The van der Waals surface area contributed by atoms with E-state index >= 15 is 0 Å². The number of aryl methyl sites for hydroxylation is 1. The third kappa shape index (κ3) is 6.56. The molecule has 1 aromatic carbocycles. The van der Waals surface area contributed by atoms with Gasteiger partial charge in [-0.05, 0) is 37.5 Å². The van der Waals surface area contributed by atoms with E-state index in [-0.39, 0.29) is 18.3 Å². The van der Waals surface area contributed by atoms with E-state index < -0.39 is 0 Å². The van der Waals surface area contributed by atoms with Crippen molar-refractivity contribution in [3.05, 3.63) is 35.1 Å². The molecule has 0 unspecified atom stereocenters. The van der Waals surface area contributed by atoms with Gasteiger partial charge in [0.15, 0.2) is 5.96 Å². The molecule has 0 fully saturated rings. The van der Waals surface area contributed by atoms with E-state index in [1.54, 1.807) is 13.0 Å². The topological polar surface area (TPSA) is 65.5 Å². The lowest BCUT2D eigenvalue weighted by Gasteiger charge is -2.11. The van der Waals surface area contributed by atoms with Crippen LogP contribution in [0.4, 0.5) is 4.39 Å². The molecule has 0 aliphatic rings. The highest BCUT2D eigenvalue weighted by molar-refractivity contribution is 5.86. The van der Waals surface area contributed by atoms with Gasteiger partial charge < -0.3 is 16.0 Å². The third-order valence-corrected chi connectivity index (χ3v) is 2.99. The van der Waals surface area contributed by atoms with Gasteiger partial charge in [0.25, 0.3) is 0 Å². The SMILES string of the molecule is CCCNC(=O)CNC(=NCc1ccc(C)c(F)c1)NCC. The molecular formula is C16H25FN4O. The summed E-state index contributed by atoms with van der Waals surface area (Å²) in [4.78, 5) is 15.9. The lowest BCUT2D eigenvalue weighted by molar-refractivity contribution is -0.120. The Labute approximate surface area is 131 Å². The van der Waals surface area contributed by atoms with Gasteiger partial charge in [-0.1, -0.05) is 19.1 Å². The summed E-state index contributed by atoms with van der Waals surface area (Å²) >= 11 is 0. The molecule has 0 atom stereocenters. The van der Waals surface area contributed by atoms with Gasteiger partial charge in [0.2, 0.25) is 5.91 Å². The molecule has 0 saturated carbocycles. The maximum atomic E-state index is 13.5. The monoisotopic (exact) mass is 308 g/mol. The van der Waals surface area contributed by atoms with Crippen LogP contribution in [0.1, 0.15) is 31.4 Å². The van der Waals surface area contributed by atoms with Crippen LogP contribution in [-0.2, 0) is 11.3 Å². The normalized spacial score (nSPS) is 11.2. The van der Waals surface area contributed by atoms with Crippen molar-refractivity contribution in [2.45, 2.75) is 33.7 Å². The van der Waals surface area contributed by atoms with Crippen LogP contribution >= 0.6 is 0 Å². The van der Waals surface area contributed by atoms with E-state index in [0.29, 0.717) is 31.2 Å². The van der Waals surface area contributed by atoms with Crippen molar-refractivity contribution < 1.29 is 9.18 Å². The standard InChI is InChI=1S/C16H25FN4O/c1-4-8-19-15(22)11-21-16(18-5-2)20-10-13-7-6-12(3)14(17)9-13/h6-7,9H,4-5,8,10-11H2,1-3H3,(H,19,22)(H2,18,20,21). The van der Waals surface area contributed by atoms with Gasteiger partial charge in [0, 0.05) is 13.1 Å². The number of nitrogens with zero attached hydrogens (tertiary/aromatic N) is 1. The molecule has 0 saturated heterocycles. The van der Waals surface area contributed by atoms with Crippen LogP contribution in [0.15, 0.2) is 23.2 Å². The largest absolute Gasteiger partial charge is 0.357 e. The zero-order chi connectivity index (χ0) is 16.4. The number of nitrogens with one attached hydrogen (secondary N) is 3. The summed E-state index contributed by atoms with van der Waals surface area (Å²) in [6.45, 7) is 7.53. The summed E-state index contributed by atoms with van der Waals surface area (Å²) in [5.74, 6) is 0.230. The first-order chi connectivity index (χ1) is 10.6. The summed E-state index contributed by atoms with van der Waals surface area (Å²) in [5, 5.41) is 8.80. The summed E-state index contributed by atoms with van der Waals surface area (Å²) in [6.07, 6.45) is 0.902. The molecule has 6 heteroatoms. The van der Waals surface area contributed by atoms with Crippen molar-refractivity contribution in [3.8, 4) is 0 Å². The Balaban J connectivity index is 2.57. The molecule has 0 radical (unpaired) electrons. The predicted octanol–water partition coefficient (Wildman–Crippen LogP) is 1.72. The van der Waals surface area contributed by atoms with Crippen LogP contribution < -0.4 is 16.0 Å². The molecule has 1 amide bonds. The van der Waals surface area contributed by atoms with Crippen LogP contribution in [0.25, 0.3) is 0 Å². The second kappa shape index (κ2) is 9.76. The summed E-state index contributed by atoms with van der Waals surface area (Å²) < 4.78 is 13.5. The Morgan fingerprint density at radius 3 is 2.64 bits per heavy atom.